The zero-order chi connectivity index (χ0) is 12.4. The number of ether oxygens (including phenoxy) is 1. The molecule has 1 aliphatic heterocycles. The monoisotopic (exact) mass is 245 g/mol. The van der Waals surface area contributed by atoms with Crippen LogP contribution in [0.1, 0.15) is 12.8 Å². The molecule has 0 atom stereocenters. The first kappa shape index (κ1) is 11.0. The normalized spacial score (nSPS) is 15.1. The average Bonchev–Trinajstić information content (AvgIpc) is 3.11. The Hall–Kier alpha value is -2.11. The van der Waals surface area contributed by atoms with Crippen LogP contribution in [-0.4, -0.2) is 40.4 Å². The van der Waals surface area contributed by atoms with Gasteiger partial charge in [0.2, 0.25) is 0 Å². The highest BCUT2D eigenvalue weighted by molar-refractivity contribution is 5.65. The SMILES string of the molecule is COc1ccc(-n2cnnn2)c(N2CCCC2)c1. The quantitative estimate of drug-likeness (QED) is 0.815. The van der Waals surface area contributed by atoms with Crippen molar-refractivity contribution in [1.82, 2.24) is 20.2 Å². The first-order valence-corrected chi connectivity index (χ1v) is 6.05. The molecule has 0 bridgehead atoms. The van der Waals surface area contributed by atoms with Crippen molar-refractivity contribution in [3.05, 3.63) is 24.5 Å². The number of nitrogens with zero attached hydrogens (tertiary/aromatic N) is 5. The lowest BCUT2D eigenvalue weighted by molar-refractivity contribution is 0.414. The maximum absolute atomic E-state index is 5.30. The van der Waals surface area contributed by atoms with Crippen LogP contribution in [0.3, 0.4) is 0 Å². The van der Waals surface area contributed by atoms with Gasteiger partial charge in [-0.3, -0.25) is 0 Å². The van der Waals surface area contributed by atoms with Gasteiger partial charge >= 0.3 is 0 Å². The third-order valence-electron chi connectivity index (χ3n) is 3.23. The number of rotatable bonds is 3. The average molecular weight is 245 g/mol. The van der Waals surface area contributed by atoms with Crippen LogP contribution in [0.5, 0.6) is 5.75 Å². The van der Waals surface area contributed by atoms with E-state index in [-0.39, 0.29) is 0 Å². The number of hydrogen-bond acceptors (Lipinski definition) is 5. The Labute approximate surface area is 105 Å². The van der Waals surface area contributed by atoms with E-state index in [9.17, 15) is 0 Å². The predicted molar refractivity (Wildman–Crippen MR) is 67.2 cm³/mol. The molecule has 94 valence electrons. The summed E-state index contributed by atoms with van der Waals surface area (Å²) in [4.78, 5) is 2.35. The third-order valence-corrected chi connectivity index (χ3v) is 3.23. The second kappa shape index (κ2) is 4.64. The molecule has 0 saturated carbocycles. The summed E-state index contributed by atoms with van der Waals surface area (Å²) in [5.74, 6) is 0.855. The molecular formula is C12H15N5O. The Kier molecular flexibility index (Phi) is 2.84. The smallest absolute Gasteiger partial charge is 0.143 e. The topological polar surface area (TPSA) is 56.1 Å². The summed E-state index contributed by atoms with van der Waals surface area (Å²) in [5, 5.41) is 11.3. The lowest BCUT2D eigenvalue weighted by atomic mass is 10.2. The van der Waals surface area contributed by atoms with Crippen molar-refractivity contribution in [2.45, 2.75) is 12.8 Å². The summed E-state index contributed by atoms with van der Waals surface area (Å²) < 4.78 is 6.99. The van der Waals surface area contributed by atoms with Crippen LogP contribution in [0.4, 0.5) is 5.69 Å². The molecule has 2 aromatic rings. The van der Waals surface area contributed by atoms with E-state index in [0.717, 1.165) is 30.2 Å². The molecule has 0 N–H and O–H groups in total. The molecule has 1 aromatic heterocycles. The van der Waals surface area contributed by atoms with E-state index >= 15 is 0 Å². The van der Waals surface area contributed by atoms with Gasteiger partial charge in [-0.15, -0.1) is 5.10 Å². The molecule has 1 fully saturated rings. The Morgan fingerprint density at radius 3 is 2.67 bits per heavy atom. The van der Waals surface area contributed by atoms with Crippen molar-refractivity contribution in [2.75, 3.05) is 25.1 Å². The van der Waals surface area contributed by atoms with Crippen LogP contribution in [0.15, 0.2) is 24.5 Å². The molecule has 0 amide bonds. The molecule has 6 heteroatoms. The first-order valence-electron chi connectivity index (χ1n) is 6.05. The maximum atomic E-state index is 5.30. The van der Waals surface area contributed by atoms with Crippen molar-refractivity contribution in [2.24, 2.45) is 0 Å². The van der Waals surface area contributed by atoms with Gasteiger partial charge in [0.05, 0.1) is 18.5 Å². The maximum Gasteiger partial charge on any atom is 0.143 e. The summed E-state index contributed by atoms with van der Waals surface area (Å²) in [7, 11) is 1.68. The van der Waals surface area contributed by atoms with Crippen molar-refractivity contribution in [1.29, 1.82) is 0 Å². The minimum absolute atomic E-state index is 0.855. The van der Waals surface area contributed by atoms with Crippen molar-refractivity contribution < 1.29 is 4.74 Å². The number of tetrazole rings is 1. The zero-order valence-corrected chi connectivity index (χ0v) is 10.3. The Balaban J connectivity index is 2.06. The first-order chi connectivity index (χ1) is 8.88. The van der Waals surface area contributed by atoms with E-state index < -0.39 is 0 Å². The molecule has 1 aromatic carbocycles. The number of methoxy groups -OCH3 is 1. The van der Waals surface area contributed by atoms with Crippen LogP contribution in [0, 0.1) is 0 Å². The molecule has 18 heavy (non-hydrogen) atoms. The second-order valence-corrected chi connectivity index (χ2v) is 4.30. The van der Waals surface area contributed by atoms with E-state index in [1.807, 2.05) is 18.2 Å². The second-order valence-electron chi connectivity index (χ2n) is 4.30. The van der Waals surface area contributed by atoms with Crippen LogP contribution < -0.4 is 9.64 Å². The minimum atomic E-state index is 0.855. The number of benzene rings is 1. The van der Waals surface area contributed by atoms with E-state index in [1.165, 1.54) is 12.8 Å². The van der Waals surface area contributed by atoms with Crippen LogP contribution >= 0.6 is 0 Å². The Morgan fingerprint density at radius 1 is 1.17 bits per heavy atom. The highest BCUT2D eigenvalue weighted by atomic mass is 16.5. The van der Waals surface area contributed by atoms with Gasteiger partial charge in [0.15, 0.2) is 0 Å². The number of aromatic nitrogens is 4. The Bertz CT molecular complexity index is 519. The summed E-state index contributed by atoms with van der Waals surface area (Å²) in [6.45, 7) is 2.14. The molecule has 1 aliphatic rings. The molecule has 1 saturated heterocycles. The molecule has 0 radical (unpaired) electrons. The molecule has 6 nitrogen and oxygen atoms in total. The molecular weight excluding hydrogens is 230 g/mol. The Morgan fingerprint density at radius 2 is 2.00 bits per heavy atom. The molecule has 2 heterocycles. The van der Waals surface area contributed by atoms with Gasteiger partial charge in [-0.25, -0.2) is 0 Å². The van der Waals surface area contributed by atoms with E-state index in [4.69, 9.17) is 4.74 Å². The third kappa shape index (κ3) is 1.90. The zero-order valence-electron chi connectivity index (χ0n) is 10.3. The largest absolute Gasteiger partial charge is 0.497 e. The van der Waals surface area contributed by atoms with Crippen LogP contribution in [0.2, 0.25) is 0 Å². The number of hydrogen-bond donors (Lipinski definition) is 0. The van der Waals surface area contributed by atoms with Crippen LogP contribution in [0.25, 0.3) is 5.69 Å². The fourth-order valence-corrected chi connectivity index (χ4v) is 2.31. The fraction of sp³-hybridized carbons (Fsp3) is 0.417. The summed E-state index contributed by atoms with van der Waals surface area (Å²) in [6, 6.07) is 5.96. The molecule has 0 aliphatic carbocycles. The van der Waals surface area contributed by atoms with Gasteiger partial charge < -0.3 is 9.64 Å². The summed E-state index contributed by atoms with van der Waals surface area (Å²) >= 11 is 0. The summed E-state index contributed by atoms with van der Waals surface area (Å²) in [6.07, 6.45) is 4.07. The van der Waals surface area contributed by atoms with Gasteiger partial charge in [0.1, 0.15) is 12.1 Å². The standard InChI is InChI=1S/C12H15N5O/c1-18-10-4-5-11(17-9-13-14-15-17)12(8-10)16-6-2-3-7-16/h4-5,8-9H,2-3,6-7H2,1H3. The number of anilines is 1. The molecule has 0 unspecified atom stereocenters. The lowest BCUT2D eigenvalue weighted by Crippen LogP contribution is -2.20. The molecule has 3 rings (SSSR count). The van der Waals surface area contributed by atoms with Crippen molar-refractivity contribution >= 4 is 5.69 Å². The van der Waals surface area contributed by atoms with Gasteiger partial charge in [0.25, 0.3) is 0 Å². The van der Waals surface area contributed by atoms with Crippen molar-refractivity contribution in [3.8, 4) is 11.4 Å². The summed E-state index contributed by atoms with van der Waals surface area (Å²) in [5.41, 5.74) is 2.11. The molecule has 0 spiro atoms. The van der Waals surface area contributed by atoms with E-state index in [2.05, 4.69) is 20.4 Å². The fourth-order valence-electron chi connectivity index (χ4n) is 2.31. The lowest BCUT2D eigenvalue weighted by Gasteiger charge is -2.21. The van der Waals surface area contributed by atoms with Gasteiger partial charge in [-0.1, -0.05) is 0 Å². The van der Waals surface area contributed by atoms with E-state index in [1.54, 1.807) is 18.1 Å². The minimum Gasteiger partial charge on any atom is -0.497 e. The highest BCUT2D eigenvalue weighted by Gasteiger charge is 2.18. The highest BCUT2D eigenvalue weighted by Crippen LogP contribution is 2.30. The van der Waals surface area contributed by atoms with Gasteiger partial charge in [-0.2, -0.15) is 4.68 Å². The van der Waals surface area contributed by atoms with Crippen molar-refractivity contribution in [3.63, 3.8) is 0 Å². The van der Waals surface area contributed by atoms with Gasteiger partial charge in [0, 0.05) is 19.2 Å². The van der Waals surface area contributed by atoms with Gasteiger partial charge in [-0.05, 0) is 35.4 Å². The van der Waals surface area contributed by atoms with E-state index in [0.29, 0.717) is 0 Å². The van der Waals surface area contributed by atoms with Crippen LogP contribution in [-0.2, 0) is 0 Å². The predicted octanol–water partition coefficient (Wildman–Crippen LogP) is 1.27.